The lowest BCUT2D eigenvalue weighted by atomic mass is 10.0. The standard InChI is InChI=1S/C27H21N3O3/c1-32-27(31)24-16-25-28-17-23(20-10-6-3-7-11-20)26(30(25)29-24)21-12-14-22(15-13-21)33-18-19-8-4-2-5-9-19/h2-17H,18H2,1H3. The number of ether oxygens (including phenoxy) is 2. The second-order valence-electron chi connectivity index (χ2n) is 7.48. The van der Waals surface area contributed by atoms with Crippen molar-refractivity contribution in [2.45, 2.75) is 6.61 Å². The minimum Gasteiger partial charge on any atom is -0.489 e. The first-order valence-electron chi connectivity index (χ1n) is 10.5. The molecule has 3 aromatic carbocycles. The first-order chi connectivity index (χ1) is 16.2. The fourth-order valence-corrected chi connectivity index (χ4v) is 3.69. The molecule has 0 fully saturated rings. The van der Waals surface area contributed by atoms with Crippen molar-refractivity contribution in [2.75, 3.05) is 7.11 Å². The third-order valence-corrected chi connectivity index (χ3v) is 5.34. The van der Waals surface area contributed by atoms with E-state index in [2.05, 4.69) is 10.1 Å². The van der Waals surface area contributed by atoms with Crippen molar-refractivity contribution < 1.29 is 14.3 Å². The average Bonchev–Trinajstić information content (AvgIpc) is 3.32. The van der Waals surface area contributed by atoms with Crippen LogP contribution in [-0.4, -0.2) is 27.7 Å². The summed E-state index contributed by atoms with van der Waals surface area (Å²) in [7, 11) is 1.34. The van der Waals surface area contributed by atoms with E-state index in [-0.39, 0.29) is 5.69 Å². The number of methoxy groups -OCH3 is 1. The zero-order valence-electron chi connectivity index (χ0n) is 18.0. The van der Waals surface area contributed by atoms with Gasteiger partial charge >= 0.3 is 5.97 Å². The van der Waals surface area contributed by atoms with Crippen LogP contribution in [0.2, 0.25) is 0 Å². The summed E-state index contributed by atoms with van der Waals surface area (Å²) in [5.74, 6) is 0.266. The highest BCUT2D eigenvalue weighted by Crippen LogP contribution is 2.33. The number of rotatable bonds is 6. The summed E-state index contributed by atoms with van der Waals surface area (Å²) >= 11 is 0. The van der Waals surface area contributed by atoms with Crippen LogP contribution >= 0.6 is 0 Å². The Morgan fingerprint density at radius 3 is 2.27 bits per heavy atom. The summed E-state index contributed by atoms with van der Waals surface area (Å²) in [6.07, 6.45) is 1.81. The van der Waals surface area contributed by atoms with Crippen molar-refractivity contribution >= 4 is 11.6 Å². The molecule has 0 saturated heterocycles. The smallest absolute Gasteiger partial charge is 0.358 e. The fourth-order valence-electron chi connectivity index (χ4n) is 3.69. The number of aromatic nitrogens is 3. The molecule has 0 aliphatic rings. The third kappa shape index (κ3) is 4.19. The summed E-state index contributed by atoms with van der Waals surface area (Å²) in [6, 6.07) is 29.5. The van der Waals surface area contributed by atoms with Crippen molar-refractivity contribution in [1.82, 2.24) is 14.6 Å². The zero-order valence-corrected chi connectivity index (χ0v) is 18.0. The lowest BCUT2D eigenvalue weighted by molar-refractivity contribution is 0.0593. The van der Waals surface area contributed by atoms with Gasteiger partial charge in [0.2, 0.25) is 0 Å². The molecule has 0 radical (unpaired) electrons. The van der Waals surface area contributed by atoms with E-state index in [1.165, 1.54) is 7.11 Å². The predicted molar refractivity (Wildman–Crippen MR) is 126 cm³/mol. The van der Waals surface area contributed by atoms with Crippen molar-refractivity contribution in [3.05, 3.63) is 108 Å². The fraction of sp³-hybridized carbons (Fsp3) is 0.0741. The number of nitrogens with zero attached hydrogens (tertiary/aromatic N) is 3. The van der Waals surface area contributed by atoms with Gasteiger partial charge in [0.1, 0.15) is 12.4 Å². The minimum absolute atomic E-state index is 0.208. The minimum atomic E-state index is -0.502. The maximum absolute atomic E-state index is 12.1. The summed E-state index contributed by atoms with van der Waals surface area (Å²) in [5, 5.41) is 4.49. The molecule has 6 heteroatoms. The molecule has 0 aliphatic carbocycles. The Labute approximate surface area is 191 Å². The maximum atomic E-state index is 12.1. The predicted octanol–water partition coefficient (Wildman–Crippen LogP) is 5.43. The molecule has 0 unspecified atom stereocenters. The lowest BCUT2D eigenvalue weighted by Crippen LogP contribution is -2.04. The lowest BCUT2D eigenvalue weighted by Gasteiger charge is -2.13. The normalized spacial score (nSPS) is 10.8. The van der Waals surface area contributed by atoms with Gasteiger partial charge in [0.05, 0.1) is 12.8 Å². The summed E-state index contributed by atoms with van der Waals surface area (Å²) in [6.45, 7) is 0.497. The molecule has 0 spiro atoms. The number of benzene rings is 3. The van der Waals surface area contributed by atoms with Crippen molar-refractivity contribution in [2.24, 2.45) is 0 Å². The van der Waals surface area contributed by atoms with Crippen LogP contribution < -0.4 is 4.74 Å². The molecular formula is C27H21N3O3. The highest BCUT2D eigenvalue weighted by atomic mass is 16.5. The molecule has 0 amide bonds. The van der Waals surface area contributed by atoms with E-state index in [1.807, 2.05) is 91.1 Å². The van der Waals surface area contributed by atoms with E-state index >= 15 is 0 Å². The molecule has 0 atom stereocenters. The number of carbonyl (C=O) groups is 1. The first-order valence-corrected chi connectivity index (χ1v) is 10.5. The highest BCUT2D eigenvalue weighted by molar-refractivity contribution is 5.89. The number of hydrogen-bond donors (Lipinski definition) is 0. The molecule has 0 aliphatic heterocycles. The molecule has 0 saturated carbocycles. The summed E-state index contributed by atoms with van der Waals surface area (Å²) in [5.41, 5.74) is 5.54. The van der Waals surface area contributed by atoms with E-state index in [0.717, 1.165) is 33.7 Å². The van der Waals surface area contributed by atoms with Crippen LogP contribution in [-0.2, 0) is 11.3 Å². The number of hydrogen-bond acceptors (Lipinski definition) is 5. The Kier molecular flexibility index (Phi) is 5.55. The van der Waals surface area contributed by atoms with E-state index in [0.29, 0.717) is 12.3 Å². The van der Waals surface area contributed by atoms with Crippen LogP contribution in [0.3, 0.4) is 0 Å². The summed E-state index contributed by atoms with van der Waals surface area (Å²) in [4.78, 5) is 16.6. The molecule has 33 heavy (non-hydrogen) atoms. The Hall–Kier alpha value is -4.45. The van der Waals surface area contributed by atoms with Crippen molar-refractivity contribution in [3.63, 3.8) is 0 Å². The van der Waals surface area contributed by atoms with Gasteiger partial charge in [-0.1, -0.05) is 60.7 Å². The second-order valence-corrected chi connectivity index (χ2v) is 7.48. The van der Waals surface area contributed by atoms with E-state index < -0.39 is 5.97 Å². The SMILES string of the molecule is COC(=O)c1cc2ncc(-c3ccccc3)c(-c3ccc(OCc4ccccc4)cc3)n2n1. The van der Waals surface area contributed by atoms with Gasteiger partial charge < -0.3 is 9.47 Å². The summed E-state index contributed by atoms with van der Waals surface area (Å²) < 4.78 is 12.5. The molecule has 0 N–H and O–H groups in total. The topological polar surface area (TPSA) is 65.7 Å². The van der Waals surface area contributed by atoms with E-state index in [9.17, 15) is 4.79 Å². The number of fused-ring (bicyclic) bond motifs is 1. The quantitative estimate of drug-likeness (QED) is 0.333. The van der Waals surface area contributed by atoms with Crippen LogP contribution in [0.15, 0.2) is 97.2 Å². The van der Waals surface area contributed by atoms with Gasteiger partial charge in [0, 0.05) is 23.4 Å². The Morgan fingerprint density at radius 1 is 0.879 bits per heavy atom. The van der Waals surface area contributed by atoms with Gasteiger partial charge in [-0.3, -0.25) is 0 Å². The number of carbonyl (C=O) groups excluding carboxylic acids is 1. The van der Waals surface area contributed by atoms with Gasteiger partial charge in [-0.25, -0.2) is 14.3 Å². The molecule has 2 aromatic heterocycles. The molecule has 0 bridgehead atoms. The van der Waals surface area contributed by atoms with Crippen molar-refractivity contribution in [1.29, 1.82) is 0 Å². The van der Waals surface area contributed by atoms with Gasteiger partial charge in [-0.2, -0.15) is 5.10 Å². The van der Waals surface area contributed by atoms with Gasteiger partial charge in [0.25, 0.3) is 0 Å². The second kappa shape index (κ2) is 8.96. The molecule has 2 heterocycles. The highest BCUT2D eigenvalue weighted by Gasteiger charge is 2.18. The van der Waals surface area contributed by atoms with Gasteiger partial charge in [-0.15, -0.1) is 0 Å². The molecular weight excluding hydrogens is 414 g/mol. The van der Waals surface area contributed by atoms with Crippen LogP contribution in [0, 0.1) is 0 Å². The zero-order chi connectivity index (χ0) is 22.6. The molecule has 6 nitrogen and oxygen atoms in total. The van der Waals surface area contributed by atoms with Gasteiger partial charge in [0.15, 0.2) is 11.3 Å². The van der Waals surface area contributed by atoms with Crippen LogP contribution in [0.4, 0.5) is 0 Å². The molecule has 5 aromatic rings. The number of esters is 1. The average molecular weight is 435 g/mol. The Bertz CT molecular complexity index is 1400. The van der Waals surface area contributed by atoms with Crippen LogP contribution in [0.5, 0.6) is 5.75 Å². The first kappa shape index (κ1) is 20.5. The Morgan fingerprint density at radius 2 is 1.58 bits per heavy atom. The van der Waals surface area contributed by atoms with E-state index in [1.54, 1.807) is 10.6 Å². The largest absolute Gasteiger partial charge is 0.489 e. The monoisotopic (exact) mass is 435 g/mol. The molecule has 162 valence electrons. The van der Waals surface area contributed by atoms with Gasteiger partial charge in [-0.05, 0) is 35.4 Å². The van der Waals surface area contributed by atoms with Crippen LogP contribution in [0.25, 0.3) is 28.0 Å². The Balaban J connectivity index is 1.56. The van der Waals surface area contributed by atoms with E-state index in [4.69, 9.17) is 9.47 Å². The maximum Gasteiger partial charge on any atom is 0.358 e. The third-order valence-electron chi connectivity index (χ3n) is 5.34. The molecule has 5 rings (SSSR count). The van der Waals surface area contributed by atoms with Crippen LogP contribution in [0.1, 0.15) is 16.1 Å². The van der Waals surface area contributed by atoms with Crippen molar-refractivity contribution in [3.8, 4) is 28.1 Å².